The van der Waals surface area contributed by atoms with E-state index in [1.807, 2.05) is 19.1 Å². The lowest BCUT2D eigenvalue weighted by Gasteiger charge is -2.16. The van der Waals surface area contributed by atoms with E-state index in [-0.39, 0.29) is 29.5 Å². The van der Waals surface area contributed by atoms with Crippen LogP contribution in [0.15, 0.2) is 12.2 Å². The molecule has 0 aromatic rings. The van der Waals surface area contributed by atoms with Gasteiger partial charge in [-0.3, -0.25) is 9.59 Å². The molecule has 1 aliphatic heterocycles. The first kappa shape index (κ1) is 9.44. The summed E-state index contributed by atoms with van der Waals surface area (Å²) >= 11 is 0. The first-order valence-corrected chi connectivity index (χ1v) is 5.03. The second-order valence-electron chi connectivity index (χ2n) is 4.23. The fourth-order valence-corrected chi connectivity index (χ4v) is 2.12. The fraction of sp³-hybridized carbons (Fsp3) is 0.636. The SMILES string of the molecule is C[C@H]1/C=C\[C@H]2C(=O)OC[C@@H]2CC(=O)C1. The molecule has 0 amide bonds. The Bertz CT molecular complexity index is 293. The van der Waals surface area contributed by atoms with Gasteiger partial charge in [-0.15, -0.1) is 0 Å². The van der Waals surface area contributed by atoms with E-state index in [0.717, 1.165) is 0 Å². The van der Waals surface area contributed by atoms with Crippen molar-refractivity contribution < 1.29 is 14.3 Å². The number of hydrogen-bond acceptors (Lipinski definition) is 3. The van der Waals surface area contributed by atoms with Gasteiger partial charge in [0, 0.05) is 18.8 Å². The van der Waals surface area contributed by atoms with Crippen molar-refractivity contribution in [3.05, 3.63) is 12.2 Å². The molecule has 1 fully saturated rings. The molecule has 0 unspecified atom stereocenters. The zero-order valence-electron chi connectivity index (χ0n) is 8.23. The van der Waals surface area contributed by atoms with Gasteiger partial charge >= 0.3 is 5.97 Å². The Morgan fingerprint density at radius 3 is 2.86 bits per heavy atom. The van der Waals surface area contributed by atoms with Crippen LogP contribution in [0.2, 0.25) is 0 Å². The van der Waals surface area contributed by atoms with Gasteiger partial charge in [0.05, 0.1) is 12.5 Å². The quantitative estimate of drug-likeness (QED) is 0.431. The van der Waals surface area contributed by atoms with Gasteiger partial charge in [-0.25, -0.2) is 0 Å². The molecule has 0 aromatic heterocycles. The first-order valence-electron chi connectivity index (χ1n) is 5.03. The van der Waals surface area contributed by atoms with E-state index in [1.54, 1.807) is 0 Å². The fourth-order valence-electron chi connectivity index (χ4n) is 2.12. The summed E-state index contributed by atoms with van der Waals surface area (Å²) in [7, 11) is 0. The van der Waals surface area contributed by atoms with Crippen molar-refractivity contribution in [2.75, 3.05) is 6.61 Å². The number of Topliss-reactive ketones (excluding diaryl/α,β-unsaturated/α-hetero) is 1. The number of ketones is 1. The van der Waals surface area contributed by atoms with E-state index in [1.165, 1.54) is 0 Å². The number of ether oxygens (including phenoxy) is 1. The summed E-state index contributed by atoms with van der Waals surface area (Å²) in [5.41, 5.74) is 0. The zero-order chi connectivity index (χ0) is 10.1. The summed E-state index contributed by atoms with van der Waals surface area (Å²) in [6.07, 6.45) is 4.96. The Balaban J connectivity index is 2.21. The molecule has 0 N–H and O–H groups in total. The normalized spacial score (nSPS) is 39.6. The zero-order valence-corrected chi connectivity index (χ0v) is 8.23. The average molecular weight is 194 g/mol. The van der Waals surface area contributed by atoms with Crippen LogP contribution >= 0.6 is 0 Å². The first-order chi connectivity index (χ1) is 6.66. The van der Waals surface area contributed by atoms with Gasteiger partial charge < -0.3 is 4.74 Å². The van der Waals surface area contributed by atoms with Crippen LogP contribution in [0.1, 0.15) is 19.8 Å². The highest BCUT2D eigenvalue weighted by molar-refractivity contribution is 5.83. The third kappa shape index (κ3) is 1.72. The summed E-state index contributed by atoms with van der Waals surface area (Å²) in [4.78, 5) is 22.8. The number of allylic oxidation sites excluding steroid dienone is 1. The minimum absolute atomic E-state index is 0.0822. The van der Waals surface area contributed by atoms with Crippen molar-refractivity contribution in [1.29, 1.82) is 0 Å². The molecule has 0 bridgehead atoms. The highest BCUT2D eigenvalue weighted by atomic mass is 16.5. The highest BCUT2D eigenvalue weighted by Crippen LogP contribution is 2.30. The number of esters is 1. The molecule has 76 valence electrons. The van der Waals surface area contributed by atoms with E-state index >= 15 is 0 Å². The largest absolute Gasteiger partial charge is 0.465 e. The van der Waals surface area contributed by atoms with Crippen LogP contribution < -0.4 is 0 Å². The molecule has 3 nitrogen and oxygen atoms in total. The molecule has 1 aliphatic carbocycles. The van der Waals surface area contributed by atoms with Crippen LogP contribution in [0.4, 0.5) is 0 Å². The lowest BCUT2D eigenvalue weighted by atomic mass is 9.85. The number of carbonyl (C=O) groups is 2. The average Bonchev–Trinajstić information content (AvgIpc) is 2.41. The van der Waals surface area contributed by atoms with Crippen molar-refractivity contribution >= 4 is 11.8 Å². The maximum atomic E-state index is 11.5. The summed E-state index contributed by atoms with van der Waals surface area (Å²) in [5, 5.41) is 0. The molecular weight excluding hydrogens is 180 g/mol. The molecule has 3 heteroatoms. The van der Waals surface area contributed by atoms with Gasteiger partial charge in [0.2, 0.25) is 0 Å². The minimum Gasteiger partial charge on any atom is -0.465 e. The molecule has 0 aromatic carbocycles. The molecule has 1 heterocycles. The van der Waals surface area contributed by atoms with Crippen molar-refractivity contribution in [3.8, 4) is 0 Å². The third-order valence-corrected chi connectivity index (χ3v) is 2.91. The smallest absolute Gasteiger partial charge is 0.313 e. The summed E-state index contributed by atoms with van der Waals surface area (Å²) in [6.45, 7) is 2.41. The van der Waals surface area contributed by atoms with Gasteiger partial charge in [-0.05, 0) is 5.92 Å². The van der Waals surface area contributed by atoms with Crippen molar-refractivity contribution in [2.45, 2.75) is 19.8 Å². The topological polar surface area (TPSA) is 43.4 Å². The lowest BCUT2D eigenvalue weighted by Crippen LogP contribution is -2.20. The Morgan fingerprint density at radius 2 is 2.07 bits per heavy atom. The van der Waals surface area contributed by atoms with Gasteiger partial charge in [0.15, 0.2) is 0 Å². The van der Waals surface area contributed by atoms with Crippen LogP contribution in [0.25, 0.3) is 0 Å². The number of carbonyl (C=O) groups excluding carboxylic acids is 2. The standard InChI is InChI=1S/C11H14O3/c1-7-2-3-10-8(5-9(12)4-7)6-14-11(10)13/h2-3,7-8,10H,4-6H2,1H3/b3-2-/t7-,8-,10+/m0/s1. The number of rotatable bonds is 0. The maximum Gasteiger partial charge on any atom is 0.313 e. The molecular formula is C11H14O3. The number of fused-ring (bicyclic) bond motifs is 1. The Morgan fingerprint density at radius 1 is 1.29 bits per heavy atom. The maximum absolute atomic E-state index is 11.5. The summed E-state index contributed by atoms with van der Waals surface area (Å²) in [6, 6.07) is 0. The van der Waals surface area contributed by atoms with Gasteiger partial charge in [0.25, 0.3) is 0 Å². The molecule has 0 radical (unpaired) electrons. The van der Waals surface area contributed by atoms with Gasteiger partial charge in [0.1, 0.15) is 5.78 Å². The van der Waals surface area contributed by atoms with Gasteiger partial charge in [-0.2, -0.15) is 0 Å². The number of cyclic esters (lactones) is 1. The van der Waals surface area contributed by atoms with Crippen molar-refractivity contribution in [1.82, 2.24) is 0 Å². The van der Waals surface area contributed by atoms with Crippen LogP contribution in [0.3, 0.4) is 0 Å². The third-order valence-electron chi connectivity index (χ3n) is 2.91. The van der Waals surface area contributed by atoms with E-state index in [9.17, 15) is 9.59 Å². The lowest BCUT2D eigenvalue weighted by molar-refractivity contribution is -0.140. The second kappa shape index (κ2) is 3.56. The van der Waals surface area contributed by atoms with Crippen molar-refractivity contribution in [2.24, 2.45) is 17.8 Å². The van der Waals surface area contributed by atoms with Crippen LogP contribution in [0, 0.1) is 17.8 Å². The minimum atomic E-state index is -0.179. The molecule has 2 aliphatic rings. The molecule has 3 atom stereocenters. The predicted octanol–water partition coefficient (Wildman–Crippen LogP) is 1.33. The summed E-state index contributed by atoms with van der Waals surface area (Å²) < 4.78 is 4.95. The van der Waals surface area contributed by atoms with E-state index in [0.29, 0.717) is 19.4 Å². The molecule has 1 saturated heterocycles. The summed E-state index contributed by atoms with van der Waals surface area (Å²) in [5.74, 6) is 0.223. The molecule has 0 saturated carbocycles. The Labute approximate surface area is 83.1 Å². The Kier molecular flexibility index (Phi) is 2.40. The van der Waals surface area contributed by atoms with Crippen LogP contribution in [-0.4, -0.2) is 18.4 Å². The predicted molar refractivity (Wildman–Crippen MR) is 50.5 cm³/mol. The Hall–Kier alpha value is -1.12. The van der Waals surface area contributed by atoms with Crippen molar-refractivity contribution in [3.63, 3.8) is 0 Å². The van der Waals surface area contributed by atoms with E-state index < -0.39 is 0 Å². The highest BCUT2D eigenvalue weighted by Gasteiger charge is 2.37. The number of hydrogen-bond donors (Lipinski definition) is 0. The van der Waals surface area contributed by atoms with E-state index in [2.05, 4.69) is 0 Å². The van der Waals surface area contributed by atoms with Crippen LogP contribution in [0.5, 0.6) is 0 Å². The monoisotopic (exact) mass is 194 g/mol. The second-order valence-corrected chi connectivity index (χ2v) is 4.23. The molecule has 2 rings (SSSR count). The molecule has 0 spiro atoms. The molecule has 14 heavy (non-hydrogen) atoms. The van der Waals surface area contributed by atoms with Crippen LogP contribution in [-0.2, 0) is 14.3 Å². The van der Waals surface area contributed by atoms with E-state index in [4.69, 9.17) is 4.74 Å². The van der Waals surface area contributed by atoms with Gasteiger partial charge in [-0.1, -0.05) is 19.1 Å².